The van der Waals surface area contributed by atoms with Gasteiger partial charge in [0.15, 0.2) is 18.1 Å². The van der Waals surface area contributed by atoms with Crippen molar-refractivity contribution >= 4 is 22.6 Å². The van der Waals surface area contributed by atoms with Gasteiger partial charge in [-0.3, -0.25) is 4.79 Å². The van der Waals surface area contributed by atoms with E-state index in [-0.39, 0.29) is 12.5 Å². The third-order valence-corrected chi connectivity index (χ3v) is 4.96. The van der Waals surface area contributed by atoms with Gasteiger partial charge in [-0.05, 0) is 31.2 Å². The van der Waals surface area contributed by atoms with E-state index in [9.17, 15) is 4.79 Å². The van der Waals surface area contributed by atoms with Crippen molar-refractivity contribution in [3.8, 4) is 28.6 Å². The number of hydrogen-bond donors (Lipinski definition) is 2. The summed E-state index contributed by atoms with van der Waals surface area (Å²) in [6.45, 7) is 3.00. The number of anilines is 1. The first-order valence-electron chi connectivity index (χ1n) is 10.0. The van der Waals surface area contributed by atoms with Crippen LogP contribution in [0.5, 0.6) is 17.2 Å². The Morgan fingerprint density at radius 1 is 1.06 bits per heavy atom. The van der Waals surface area contributed by atoms with Gasteiger partial charge in [0.1, 0.15) is 24.8 Å². The molecule has 0 bridgehead atoms. The second-order valence-electron chi connectivity index (χ2n) is 7.33. The molecule has 0 aliphatic carbocycles. The van der Waals surface area contributed by atoms with Crippen LogP contribution in [-0.4, -0.2) is 35.7 Å². The molecule has 0 spiro atoms. The Bertz CT molecular complexity index is 1200. The van der Waals surface area contributed by atoms with E-state index in [1.54, 1.807) is 0 Å². The lowest BCUT2D eigenvalue weighted by Gasteiger charge is -2.17. The normalized spacial score (nSPS) is 12.5. The van der Waals surface area contributed by atoms with E-state index in [0.717, 1.165) is 22.2 Å². The minimum absolute atomic E-state index is 0.0660. The number of fused-ring (bicyclic) bond motifs is 2. The molecule has 2 N–H and O–H groups in total. The number of nitrogens with zero attached hydrogens (tertiary/aromatic N) is 1. The van der Waals surface area contributed by atoms with E-state index in [4.69, 9.17) is 14.2 Å². The number of hydrogen-bond acceptors (Lipinski definition) is 5. The van der Waals surface area contributed by atoms with Gasteiger partial charge in [0.2, 0.25) is 0 Å². The molecule has 7 heteroatoms. The van der Waals surface area contributed by atoms with Crippen LogP contribution in [0, 0.1) is 6.92 Å². The number of H-pyrrole nitrogens is 1. The van der Waals surface area contributed by atoms with E-state index in [2.05, 4.69) is 15.3 Å². The Balaban J connectivity index is 1.30. The molecule has 5 rings (SSSR count). The van der Waals surface area contributed by atoms with Crippen LogP contribution in [0.3, 0.4) is 0 Å². The van der Waals surface area contributed by atoms with Gasteiger partial charge >= 0.3 is 0 Å². The number of imidazole rings is 1. The topological polar surface area (TPSA) is 85.5 Å². The monoisotopic (exact) mass is 415 g/mol. The third kappa shape index (κ3) is 4.16. The molecule has 1 aliphatic heterocycles. The fourth-order valence-corrected chi connectivity index (χ4v) is 3.41. The zero-order valence-electron chi connectivity index (χ0n) is 17.0. The van der Waals surface area contributed by atoms with Crippen molar-refractivity contribution in [1.82, 2.24) is 9.97 Å². The van der Waals surface area contributed by atoms with E-state index in [1.807, 2.05) is 67.6 Å². The molecular formula is C24H21N3O4. The highest BCUT2D eigenvalue weighted by molar-refractivity contribution is 5.92. The maximum absolute atomic E-state index is 12.3. The number of aromatic nitrogens is 2. The van der Waals surface area contributed by atoms with E-state index < -0.39 is 0 Å². The Labute approximate surface area is 179 Å². The Kier molecular flexibility index (Phi) is 4.92. The number of rotatable bonds is 5. The van der Waals surface area contributed by atoms with Gasteiger partial charge in [-0.2, -0.15) is 0 Å². The Morgan fingerprint density at radius 2 is 1.84 bits per heavy atom. The summed E-state index contributed by atoms with van der Waals surface area (Å²) < 4.78 is 16.8. The van der Waals surface area contributed by atoms with Crippen LogP contribution >= 0.6 is 0 Å². The lowest BCUT2D eigenvalue weighted by molar-refractivity contribution is -0.118. The van der Waals surface area contributed by atoms with Crippen molar-refractivity contribution in [2.24, 2.45) is 0 Å². The molecule has 1 aromatic heterocycles. The molecule has 0 unspecified atom stereocenters. The molecule has 0 saturated heterocycles. The molecule has 156 valence electrons. The number of benzene rings is 3. The second-order valence-corrected chi connectivity index (χ2v) is 7.33. The maximum atomic E-state index is 12.3. The molecule has 0 saturated carbocycles. The number of carbonyl (C=O) groups excluding carboxylic acids is 1. The van der Waals surface area contributed by atoms with Crippen LogP contribution in [0.4, 0.5) is 5.69 Å². The van der Waals surface area contributed by atoms with Gasteiger partial charge in [0.05, 0.1) is 11.0 Å². The van der Waals surface area contributed by atoms with Crippen molar-refractivity contribution in [3.05, 3.63) is 66.2 Å². The number of aryl methyl sites for hydroxylation is 1. The van der Waals surface area contributed by atoms with Crippen molar-refractivity contribution in [2.45, 2.75) is 6.92 Å². The summed E-state index contributed by atoms with van der Waals surface area (Å²) in [4.78, 5) is 20.3. The van der Waals surface area contributed by atoms with Crippen LogP contribution in [0.25, 0.3) is 22.4 Å². The largest absolute Gasteiger partial charge is 0.486 e. The third-order valence-electron chi connectivity index (χ3n) is 4.96. The van der Waals surface area contributed by atoms with Crippen LogP contribution in [0.1, 0.15) is 5.56 Å². The summed E-state index contributed by atoms with van der Waals surface area (Å²) in [5.41, 5.74) is 4.31. The molecule has 0 fully saturated rings. The fourth-order valence-electron chi connectivity index (χ4n) is 3.41. The second kappa shape index (κ2) is 8.02. The van der Waals surface area contributed by atoms with Crippen LogP contribution in [-0.2, 0) is 4.79 Å². The Hall–Kier alpha value is -4.00. The number of ether oxygens (including phenoxy) is 3. The first-order chi connectivity index (χ1) is 15.1. The van der Waals surface area contributed by atoms with E-state index >= 15 is 0 Å². The molecule has 1 amide bonds. The molecule has 31 heavy (non-hydrogen) atoms. The molecule has 0 atom stereocenters. The molecule has 2 heterocycles. The summed E-state index contributed by atoms with van der Waals surface area (Å²) in [5.74, 6) is 2.54. The Morgan fingerprint density at radius 3 is 2.65 bits per heavy atom. The summed E-state index contributed by atoms with van der Waals surface area (Å²) in [7, 11) is 0. The predicted molar refractivity (Wildman–Crippen MR) is 118 cm³/mol. The first kappa shape index (κ1) is 19.0. The number of nitrogens with one attached hydrogen (secondary N) is 2. The molecular weight excluding hydrogens is 394 g/mol. The highest BCUT2D eigenvalue weighted by atomic mass is 16.6. The quantitative estimate of drug-likeness (QED) is 0.507. The molecule has 4 aromatic rings. The predicted octanol–water partition coefficient (Wildman–Crippen LogP) is 4.33. The van der Waals surface area contributed by atoms with Crippen LogP contribution in [0.15, 0.2) is 60.7 Å². The highest BCUT2D eigenvalue weighted by Crippen LogP contribution is 2.35. The summed E-state index contributed by atoms with van der Waals surface area (Å²) >= 11 is 0. The fraction of sp³-hybridized carbons (Fsp3) is 0.167. The smallest absolute Gasteiger partial charge is 0.262 e. The number of amides is 1. The number of carbonyl (C=O) groups is 1. The van der Waals surface area contributed by atoms with E-state index in [0.29, 0.717) is 42.0 Å². The van der Waals surface area contributed by atoms with Gasteiger partial charge in [0.25, 0.3) is 5.91 Å². The van der Waals surface area contributed by atoms with Crippen LogP contribution < -0.4 is 19.5 Å². The van der Waals surface area contributed by atoms with Gasteiger partial charge in [-0.1, -0.05) is 29.8 Å². The van der Waals surface area contributed by atoms with Crippen molar-refractivity contribution in [3.63, 3.8) is 0 Å². The standard InChI is InChI=1S/C24H21N3O4/c1-15-5-7-18(8-6-15)31-14-23(28)25-17-4-2-3-16(11-17)24-26-19-12-21-22(13-20(19)27-24)30-10-9-29-21/h2-8,11-13H,9-10,14H2,1H3,(H,25,28)(H,26,27). The molecule has 0 radical (unpaired) electrons. The zero-order chi connectivity index (χ0) is 21.2. The SMILES string of the molecule is Cc1ccc(OCC(=O)Nc2cccc(-c3nc4cc5c(cc4[nH]3)OCCO5)c2)cc1. The van der Waals surface area contributed by atoms with Gasteiger partial charge in [0, 0.05) is 23.4 Å². The molecule has 3 aromatic carbocycles. The van der Waals surface area contributed by atoms with Gasteiger partial charge < -0.3 is 24.5 Å². The average Bonchev–Trinajstić information content (AvgIpc) is 3.20. The first-order valence-corrected chi connectivity index (χ1v) is 10.0. The molecule has 7 nitrogen and oxygen atoms in total. The van der Waals surface area contributed by atoms with Gasteiger partial charge in [-0.15, -0.1) is 0 Å². The maximum Gasteiger partial charge on any atom is 0.262 e. The minimum atomic E-state index is -0.232. The zero-order valence-corrected chi connectivity index (χ0v) is 17.0. The lowest BCUT2D eigenvalue weighted by atomic mass is 10.2. The highest BCUT2D eigenvalue weighted by Gasteiger charge is 2.15. The van der Waals surface area contributed by atoms with Crippen molar-refractivity contribution < 1.29 is 19.0 Å². The summed E-state index contributed by atoms with van der Waals surface area (Å²) in [6.07, 6.45) is 0. The van der Waals surface area contributed by atoms with Crippen molar-refractivity contribution in [1.29, 1.82) is 0 Å². The minimum Gasteiger partial charge on any atom is -0.486 e. The van der Waals surface area contributed by atoms with Crippen LogP contribution in [0.2, 0.25) is 0 Å². The van der Waals surface area contributed by atoms with E-state index in [1.165, 1.54) is 0 Å². The lowest BCUT2D eigenvalue weighted by Crippen LogP contribution is -2.20. The summed E-state index contributed by atoms with van der Waals surface area (Å²) in [5, 5.41) is 2.87. The molecule has 1 aliphatic rings. The number of aromatic amines is 1. The van der Waals surface area contributed by atoms with Crippen molar-refractivity contribution in [2.75, 3.05) is 25.1 Å². The average molecular weight is 415 g/mol. The summed E-state index contributed by atoms with van der Waals surface area (Å²) in [6, 6.07) is 18.9. The van der Waals surface area contributed by atoms with Gasteiger partial charge in [-0.25, -0.2) is 4.98 Å².